The number of carbonyl (C=O) groups is 3. The summed E-state index contributed by atoms with van der Waals surface area (Å²) in [5.74, 6) is -3.61. The highest BCUT2D eigenvalue weighted by Crippen LogP contribution is 2.16. The van der Waals surface area contributed by atoms with E-state index in [-0.39, 0.29) is 25.1 Å². The number of hydrogen-bond donors (Lipinski definition) is 5. The van der Waals surface area contributed by atoms with Crippen LogP contribution in [-0.2, 0) is 14.4 Å². The van der Waals surface area contributed by atoms with Crippen LogP contribution in [0, 0.1) is 0 Å². The second kappa shape index (κ2) is 8.69. The first kappa shape index (κ1) is 18.4. The molecule has 0 radical (unpaired) electrons. The summed E-state index contributed by atoms with van der Waals surface area (Å²) in [5.41, 5.74) is 0.155. The molecule has 0 aromatic heterocycles. The van der Waals surface area contributed by atoms with Gasteiger partial charge in [-0.05, 0) is 30.6 Å². The average molecular weight is 326 g/mol. The summed E-state index contributed by atoms with van der Waals surface area (Å²) in [6.45, 7) is -0.142. The van der Waals surface area contributed by atoms with E-state index >= 15 is 0 Å². The number of nitrogens with one attached hydrogen (secondary N) is 1. The number of hydrogen-bond acceptors (Lipinski definition) is 6. The molecule has 23 heavy (non-hydrogen) atoms. The monoisotopic (exact) mass is 326 g/mol. The van der Waals surface area contributed by atoms with Crippen molar-refractivity contribution in [1.82, 2.24) is 5.32 Å². The van der Waals surface area contributed by atoms with Crippen molar-refractivity contribution < 1.29 is 34.8 Å². The van der Waals surface area contributed by atoms with Gasteiger partial charge in [-0.3, -0.25) is 4.99 Å². The molecule has 1 aliphatic heterocycles. The van der Waals surface area contributed by atoms with E-state index in [1.807, 2.05) is 0 Å². The van der Waals surface area contributed by atoms with Gasteiger partial charge in [0.25, 0.3) is 0 Å². The Kier molecular flexibility index (Phi) is 6.94. The number of aliphatic hydroxyl groups excluding tert-OH is 1. The number of rotatable bonds is 8. The minimum atomic E-state index is -1.29. The first-order chi connectivity index (χ1) is 10.8. The van der Waals surface area contributed by atoms with Crippen molar-refractivity contribution >= 4 is 24.1 Å². The Labute approximate surface area is 131 Å². The molecule has 2 atom stereocenters. The van der Waals surface area contributed by atoms with Crippen molar-refractivity contribution in [3.05, 3.63) is 23.4 Å². The van der Waals surface area contributed by atoms with Crippen molar-refractivity contribution in [3.63, 3.8) is 0 Å². The highest BCUT2D eigenvalue weighted by atomic mass is 16.4. The largest absolute Gasteiger partial charge is 0.480 e. The Bertz CT molecular complexity index is 565. The minimum Gasteiger partial charge on any atom is -0.480 e. The zero-order valence-electron chi connectivity index (χ0n) is 12.2. The summed E-state index contributed by atoms with van der Waals surface area (Å²) in [6, 6.07) is -2.09. The van der Waals surface area contributed by atoms with Crippen LogP contribution in [0.1, 0.15) is 19.3 Å². The standard InChI is InChI=1S/C14H18N2O7/c17-5-1-2-9(12(18)19)15-4-3-8-6-10(13(20)21)16-11(7-8)14(22)23/h3-4,6,9,11,16-17H,1-2,5,7H2,(H,18,19)(H,20,21)(H,22,23)/b8-3-,15-4?/t9-,11+/m0/s1. The molecule has 0 bridgehead atoms. The fourth-order valence-corrected chi connectivity index (χ4v) is 1.94. The second-order valence-corrected chi connectivity index (χ2v) is 4.86. The molecule has 0 aromatic rings. The van der Waals surface area contributed by atoms with Crippen LogP contribution < -0.4 is 5.32 Å². The number of aliphatic imine (C=N–C) groups is 1. The summed E-state index contributed by atoms with van der Waals surface area (Å²) < 4.78 is 0. The molecule has 0 saturated heterocycles. The molecule has 0 saturated carbocycles. The van der Waals surface area contributed by atoms with Gasteiger partial charge in [0, 0.05) is 19.2 Å². The quantitative estimate of drug-likeness (QED) is 0.378. The summed E-state index contributed by atoms with van der Waals surface area (Å²) in [6.07, 6.45) is 4.38. The summed E-state index contributed by atoms with van der Waals surface area (Å²) >= 11 is 0. The van der Waals surface area contributed by atoms with Gasteiger partial charge >= 0.3 is 17.9 Å². The smallest absolute Gasteiger partial charge is 0.351 e. The van der Waals surface area contributed by atoms with Crippen LogP contribution in [0.5, 0.6) is 0 Å². The Morgan fingerprint density at radius 3 is 2.57 bits per heavy atom. The van der Waals surface area contributed by atoms with E-state index in [1.54, 1.807) is 0 Å². The molecule has 0 amide bonds. The van der Waals surface area contributed by atoms with Crippen LogP contribution in [0.2, 0.25) is 0 Å². The van der Waals surface area contributed by atoms with Gasteiger partial charge in [-0.15, -0.1) is 0 Å². The van der Waals surface area contributed by atoms with Crippen LogP contribution in [0.25, 0.3) is 0 Å². The predicted octanol–water partition coefficient (Wildman–Crippen LogP) is -0.376. The molecular weight excluding hydrogens is 308 g/mol. The highest BCUT2D eigenvalue weighted by molar-refractivity contribution is 5.89. The number of carboxylic acid groups (broad SMARTS) is 3. The fraction of sp³-hybridized carbons (Fsp3) is 0.429. The zero-order chi connectivity index (χ0) is 17.4. The van der Waals surface area contributed by atoms with Crippen LogP contribution in [0.15, 0.2) is 28.4 Å². The summed E-state index contributed by atoms with van der Waals surface area (Å²) in [4.78, 5) is 36.8. The van der Waals surface area contributed by atoms with Crippen molar-refractivity contribution in [2.75, 3.05) is 6.61 Å². The van der Waals surface area contributed by atoms with Gasteiger partial charge in [-0.1, -0.05) is 0 Å². The molecule has 9 nitrogen and oxygen atoms in total. The molecule has 0 fully saturated rings. The number of aliphatic hydroxyl groups is 1. The topological polar surface area (TPSA) is 157 Å². The summed E-state index contributed by atoms with van der Waals surface area (Å²) in [5, 5.41) is 38.0. The van der Waals surface area contributed by atoms with Crippen molar-refractivity contribution in [1.29, 1.82) is 0 Å². The first-order valence-corrected chi connectivity index (χ1v) is 6.85. The van der Waals surface area contributed by atoms with Crippen LogP contribution in [0.4, 0.5) is 0 Å². The van der Waals surface area contributed by atoms with E-state index in [1.165, 1.54) is 18.4 Å². The van der Waals surface area contributed by atoms with Crippen LogP contribution in [-0.4, -0.2) is 63.2 Å². The van der Waals surface area contributed by atoms with Gasteiger partial charge in [0.15, 0.2) is 0 Å². The lowest BCUT2D eigenvalue weighted by atomic mass is 10.00. The maximum atomic E-state index is 11.0. The number of carboxylic acids is 3. The normalized spacial score (nSPS) is 20.8. The lowest BCUT2D eigenvalue weighted by Crippen LogP contribution is -2.41. The molecular formula is C14H18N2O7. The second-order valence-electron chi connectivity index (χ2n) is 4.86. The SMILES string of the molecule is O=C(O)C1=C/C(=C/C=N[C@@H](CCCO)C(=O)O)C[C@H](C(=O)O)N1. The lowest BCUT2D eigenvalue weighted by molar-refractivity contribution is -0.140. The Balaban J connectivity index is 2.89. The van der Waals surface area contributed by atoms with E-state index in [4.69, 9.17) is 20.4 Å². The lowest BCUT2D eigenvalue weighted by Gasteiger charge is -2.21. The van der Waals surface area contributed by atoms with E-state index in [9.17, 15) is 14.4 Å². The summed E-state index contributed by atoms with van der Waals surface area (Å²) in [7, 11) is 0. The molecule has 5 N–H and O–H groups in total. The third-order valence-corrected chi connectivity index (χ3v) is 3.10. The van der Waals surface area contributed by atoms with Crippen molar-refractivity contribution in [2.24, 2.45) is 4.99 Å². The van der Waals surface area contributed by atoms with Gasteiger partial charge in [0.2, 0.25) is 0 Å². The number of aliphatic carboxylic acids is 3. The number of allylic oxidation sites excluding steroid dienone is 2. The molecule has 126 valence electrons. The highest BCUT2D eigenvalue weighted by Gasteiger charge is 2.26. The maximum Gasteiger partial charge on any atom is 0.351 e. The molecule has 0 unspecified atom stereocenters. The molecule has 0 aromatic carbocycles. The van der Waals surface area contributed by atoms with Crippen LogP contribution in [0.3, 0.4) is 0 Å². The number of nitrogens with zero attached hydrogens (tertiary/aromatic N) is 1. The molecule has 1 rings (SSSR count). The third kappa shape index (κ3) is 5.91. The predicted molar refractivity (Wildman–Crippen MR) is 79.2 cm³/mol. The van der Waals surface area contributed by atoms with Crippen LogP contribution >= 0.6 is 0 Å². The minimum absolute atomic E-state index is 0.0481. The van der Waals surface area contributed by atoms with Gasteiger partial charge in [0.1, 0.15) is 17.8 Å². The van der Waals surface area contributed by atoms with Gasteiger partial charge in [-0.2, -0.15) is 0 Å². The Morgan fingerprint density at radius 2 is 2.04 bits per heavy atom. The third-order valence-electron chi connectivity index (χ3n) is 3.10. The Hall–Kier alpha value is -2.68. The fourth-order valence-electron chi connectivity index (χ4n) is 1.94. The molecule has 1 heterocycles. The Morgan fingerprint density at radius 1 is 1.35 bits per heavy atom. The van der Waals surface area contributed by atoms with E-state index < -0.39 is 30.0 Å². The maximum absolute atomic E-state index is 11.0. The molecule has 0 spiro atoms. The molecule has 9 heteroatoms. The van der Waals surface area contributed by atoms with Gasteiger partial charge in [0.05, 0.1) is 0 Å². The molecule has 0 aliphatic carbocycles. The van der Waals surface area contributed by atoms with E-state index in [0.29, 0.717) is 12.0 Å². The average Bonchev–Trinajstić information content (AvgIpc) is 2.49. The van der Waals surface area contributed by atoms with Crippen molar-refractivity contribution in [2.45, 2.75) is 31.3 Å². The van der Waals surface area contributed by atoms with E-state index in [2.05, 4.69) is 10.3 Å². The van der Waals surface area contributed by atoms with E-state index in [0.717, 1.165) is 0 Å². The van der Waals surface area contributed by atoms with Crippen molar-refractivity contribution in [3.8, 4) is 0 Å². The molecule has 1 aliphatic rings. The van der Waals surface area contributed by atoms with Gasteiger partial charge < -0.3 is 25.7 Å². The van der Waals surface area contributed by atoms with Gasteiger partial charge in [-0.25, -0.2) is 14.4 Å². The first-order valence-electron chi connectivity index (χ1n) is 6.85. The zero-order valence-corrected chi connectivity index (χ0v) is 12.2.